The van der Waals surface area contributed by atoms with E-state index in [-0.39, 0.29) is 39.6 Å². The van der Waals surface area contributed by atoms with Crippen molar-refractivity contribution in [2.45, 2.75) is 20.8 Å². The van der Waals surface area contributed by atoms with Crippen LogP contribution in [-0.4, -0.2) is 52.9 Å². The van der Waals surface area contributed by atoms with Crippen LogP contribution < -0.4 is 0 Å². The van der Waals surface area contributed by atoms with Gasteiger partial charge in [0.25, 0.3) is 5.91 Å². The van der Waals surface area contributed by atoms with Crippen LogP contribution in [0.3, 0.4) is 0 Å². The number of amides is 2. The van der Waals surface area contributed by atoms with E-state index < -0.39 is 5.82 Å². The topological polar surface area (TPSA) is 66.7 Å². The van der Waals surface area contributed by atoms with Gasteiger partial charge in [-0.1, -0.05) is 36.7 Å². The summed E-state index contributed by atoms with van der Waals surface area (Å²) in [6.45, 7) is 7.02. The molecule has 0 radical (unpaired) electrons. The van der Waals surface area contributed by atoms with Crippen LogP contribution in [0.15, 0.2) is 22.7 Å². The fourth-order valence-corrected chi connectivity index (χ4v) is 3.42. The van der Waals surface area contributed by atoms with Crippen LogP contribution in [0.4, 0.5) is 4.39 Å². The summed E-state index contributed by atoms with van der Waals surface area (Å²) in [5, 5.41) is 4.04. The fourth-order valence-electron chi connectivity index (χ4n) is 3.17. The van der Waals surface area contributed by atoms with E-state index in [9.17, 15) is 14.0 Å². The molecule has 1 fully saturated rings. The largest absolute Gasteiger partial charge is 0.360 e. The third-order valence-corrected chi connectivity index (χ3v) is 4.96. The van der Waals surface area contributed by atoms with Crippen LogP contribution in [-0.2, 0) is 4.79 Å². The molecule has 2 aromatic rings. The summed E-state index contributed by atoms with van der Waals surface area (Å²) in [4.78, 5) is 28.6. The van der Waals surface area contributed by atoms with Gasteiger partial charge in [0.2, 0.25) is 5.91 Å². The van der Waals surface area contributed by atoms with Crippen molar-refractivity contribution in [2.75, 3.05) is 26.2 Å². The van der Waals surface area contributed by atoms with Crippen molar-refractivity contribution < 1.29 is 18.5 Å². The summed E-state index contributed by atoms with van der Waals surface area (Å²) >= 11 is 6.13. The molecule has 1 aliphatic heterocycles. The zero-order valence-corrected chi connectivity index (χ0v) is 16.2. The molecule has 27 heavy (non-hydrogen) atoms. The van der Waals surface area contributed by atoms with Crippen molar-refractivity contribution in [3.63, 3.8) is 0 Å². The molecule has 3 rings (SSSR count). The van der Waals surface area contributed by atoms with Gasteiger partial charge in [0, 0.05) is 32.1 Å². The first kappa shape index (κ1) is 19.4. The number of halogens is 2. The van der Waals surface area contributed by atoms with Crippen molar-refractivity contribution in [3.05, 3.63) is 40.4 Å². The van der Waals surface area contributed by atoms with Crippen LogP contribution in [0.5, 0.6) is 0 Å². The van der Waals surface area contributed by atoms with Gasteiger partial charge < -0.3 is 14.3 Å². The van der Waals surface area contributed by atoms with Crippen molar-refractivity contribution >= 4 is 23.4 Å². The van der Waals surface area contributed by atoms with E-state index >= 15 is 0 Å². The second-order valence-electron chi connectivity index (χ2n) is 6.83. The lowest BCUT2D eigenvalue weighted by Gasteiger charge is -2.35. The molecular weight excluding hydrogens is 373 g/mol. The van der Waals surface area contributed by atoms with Crippen molar-refractivity contribution in [1.29, 1.82) is 0 Å². The lowest BCUT2D eigenvalue weighted by Crippen LogP contribution is -2.51. The first-order chi connectivity index (χ1) is 12.8. The van der Waals surface area contributed by atoms with E-state index in [1.807, 2.05) is 13.8 Å². The molecule has 1 aromatic carbocycles. The van der Waals surface area contributed by atoms with Gasteiger partial charge in [-0.15, -0.1) is 0 Å². The Kier molecular flexibility index (Phi) is 5.51. The number of nitrogens with zero attached hydrogens (tertiary/aromatic N) is 3. The quantitative estimate of drug-likeness (QED) is 0.801. The average molecular weight is 394 g/mol. The predicted molar refractivity (Wildman–Crippen MR) is 99.0 cm³/mol. The van der Waals surface area contributed by atoms with Crippen molar-refractivity contribution in [1.82, 2.24) is 15.0 Å². The minimum Gasteiger partial charge on any atom is -0.360 e. The van der Waals surface area contributed by atoms with E-state index in [1.54, 1.807) is 16.7 Å². The minimum atomic E-state index is -0.572. The molecule has 144 valence electrons. The fraction of sp³-hybridized carbons (Fsp3) is 0.421. The second kappa shape index (κ2) is 7.68. The summed E-state index contributed by atoms with van der Waals surface area (Å²) in [6, 6.07) is 4.28. The number of aryl methyl sites for hydroxylation is 1. The van der Waals surface area contributed by atoms with E-state index in [1.165, 1.54) is 18.2 Å². The number of benzene rings is 1. The van der Waals surface area contributed by atoms with E-state index in [0.29, 0.717) is 31.9 Å². The highest BCUT2D eigenvalue weighted by molar-refractivity contribution is 6.33. The molecular formula is C19H21ClFN3O3. The molecule has 0 saturated carbocycles. The SMILES string of the molecule is Cc1onc(-c2c(F)cccc2Cl)c1C(=O)N1CCN(C(=O)C(C)C)CC1. The van der Waals surface area contributed by atoms with E-state index in [2.05, 4.69) is 5.16 Å². The standard InChI is InChI=1S/C19H21ClFN3O3/c1-11(2)18(25)23-7-9-24(10-8-23)19(26)15-12(3)27-22-17(15)16-13(20)5-4-6-14(16)21/h4-6,11H,7-10H2,1-3H3. The Hall–Kier alpha value is -2.41. The van der Waals surface area contributed by atoms with Crippen LogP contribution in [0, 0.1) is 18.7 Å². The molecule has 2 heterocycles. The Balaban J connectivity index is 1.85. The highest BCUT2D eigenvalue weighted by Crippen LogP contribution is 2.34. The van der Waals surface area contributed by atoms with Crippen LogP contribution >= 0.6 is 11.6 Å². The maximum atomic E-state index is 14.3. The average Bonchev–Trinajstić information content (AvgIpc) is 3.01. The highest BCUT2D eigenvalue weighted by atomic mass is 35.5. The first-order valence-electron chi connectivity index (χ1n) is 8.80. The van der Waals surface area contributed by atoms with Gasteiger partial charge >= 0.3 is 0 Å². The lowest BCUT2D eigenvalue weighted by atomic mass is 10.0. The molecule has 1 aliphatic rings. The molecule has 8 heteroatoms. The Morgan fingerprint density at radius 1 is 1.19 bits per heavy atom. The molecule has 0 aliphatic carbocycles. The third kappa shape index (κ3) is 3.69. The Morgan fingerprint density at radius 3 is 2.41 bits per heavy atom. The Labute approximate surface area is 161 Å². The zero-order valence-electron chi connectivity index (χ0n) is 15.5. The Bertz CT molecular complexity index is 853. The van der Waals surface area contributed by atoms with Crippen molar-refractivity contribution in [2.24, 2.45) is 5.92 Å². The van der Waals surface area contributed by atoms with Gasteiger partial charge in [-0.05, 0) is 19.1 Å². The van der Waals surface area contributed by atoms with Crippen LogP contribution in [0.25, 0.3) is 11.3 Å². The number of piperazine rings is 1. The Morgan fingerprint density at radius 2 is 1.81 bits per heavy atom. The highest BCUT2D eigenvalue weighted by Gasteiger charge is 2.31. The lowest BCUT2D eigenvalue weighted by molar-refractivity contribution is -0.135. The molecule has 0 spiro atoms. The zero-order chi connectivity index (χ0) is 19.7. The summed E-state index contributed by atoms with van der Waals surface area (Å²) in [7, 11) is 0. The van der Waals surface area contributed by atoms with Gasteiger partial charge in [0.05, 0.1) is 10.6 Å². The summed E-state index contributed by atoms with van der Waals surface area (Å²) < 4.78 is 19.5. The number of carbonyl (C=O) groups excluding carboxylic acids is 2. The number of aromatic nitrogens is 1. The predicted octanol–water partition coefficient (Wildman–Crippen LogP) is 3.38. The van der Waals surface area contributed by atoms with E-state index in [0.717, 1.165) is 0 Å². The number of rotatable bonds is 3. The van der Waals surface area contributed by atoms with Gasteiger partial charge in [-0.25, -0.2) is 4.39 Å². The minimum absolute atomic E-state index is 0.0491. The molecule has 0 N–H and O–H groups in total. The summed E-state index contributed by atoms with van der Waals surface area (Å²) in [6.07, 6.45) is 0. The molecule has 0 bridgehead atoms. The molecule has 6 nitrogen and oxygen atoms in total. The monoisotopic (exact) mass is 393 g/mol. The van der Waals surface area contributed by atoms with Crippen molar-refractivity contribution in [3.8, 4) is 11.3 Å². The number of hydrogen-bond donors (Lipinski definition) is 0. The molecule has 0 atom stereocenters. The van der Waals surface area contributed by atoms with Gasteiger partial charge in [0.1, 0.15) is 22.8 Å². The van der Waals surface area contributed by atoms with Gasteiger partial charge in [0.15, 0.2) is 0 Å². The number of carbonyl (C=O) groups is 2. The summed E-state index contributed by atoms with van der Waals surface area (Å²) in [5.74, 6) is -0.587. The van der Waals surface area contributed by atoms with Crippen LogP contribution in [0.2, 0.25) is 5.02 Å². The molecule has 1 saturated heterocycles. The normalized spacial score (nSPS) is 14.7. The molecule has 1 aromatic heterocycles. The van der Waals surface area contributed by atoms with Gasteiger partial charge in [-0.3, -0.25) is 9.59 Å². The van der Waals surface area contributed by atoms with Crippen LogP contribution in [0.1, 0.15) is 30.0 Å². The van der Waals surface area contributed by atoms with Gasteiger partial charge in [-0.2, -0.15) is 0 Å². The smallest absolute Gasteiger partial charge is 0.259 e. The maximum Gasteiger partial charge on any atom is 0.259 e. The maximum absolute atomic E-state index is 14.3. The third-order valence-electron chi connectivity index (χ3n) is 4.65. The second-order valence-corrected chi connectivity index (χ2v) is 7.24. The summed E-state index contributed by atoms with van der Waals surface area (Å²) in [5.41, 5.74) is 0.347. The molecule has 2 amide bonds. The van der Waals surface area contributed by atoms with E-state index in [4.69, 9.17) is 16.1 Å². The molecule has 0 unspecified atom stereocenters. The number of hydrogen-bond acceptors (Lipinski definition) is 4. The first-order valence-corrected chi connectivity index (χ1v) is 9.17.